The van der Waals surface area contributed by atoms with Gasteiger partial charge in [-0.15, -0.1) is 0 Å². The van der Waals surface area contributed by atoms with Crippen LogP contribution in [0.2, 0.25) is 0 Å². The number of amides is 1. The molecule has 0 rings (SSSR count). The van der Waals surface area contributed by atoms with Gasteiger partial charge in [-0.25, -0.2) is 0 Å². The Labute approximate surface area is 152 Å². The zero-order valence-corrected chi connectivity index (χ0v) is 17.2. The van der Waals surface area contributed by atoms with Crippen LogP contribution in [-0.2, 0) is 4.79 Å². The molecule has 0 heterocycles. The van der Waals surface area contributed by atoms with Crippen molar-refractivity contribution >= 4 is 5.91 Å². The molecular formula is C22H45NO. The highest BCUT2D eigenvalue weighted by Crippen LogP contribution is 2.28. The lowest BCUT2D eigenvalue weighted by molar-refractivity contribution is -0.130. The van der Waals surface area contributed by atoms with Crippen LogP contribution in [0.25, 0.3) is 0 Å². The third-order valence-corrected chi connectivity index (χ3v) is 5.64. The summed E-state index contributed by atoms with van der Waals surface area (Å²) in [5, 5.41) is 2.82. The smallest absolute Gasteiger partial charge is 0.225 e. The van der Waals surface area contributed by atoms with Crippen molar-refractivity contribution in [3.05, 3.63) is 0 Å². The molecule has 0 aromatic carbocycles. The van der Waals surface area contributed by atoms with E-state index in [1.807, 2.05) is 0 Å². The molecule has 0 fully saturated rings. The second-order valence-corrected chi connectivity index (χ2v) is 7.84. The minimum atomic E-state index is -0.161. The Morgan fingerprint density at radius 3 is 1.42 bits per heavy atom. The third-order valence-electron chi connectivity index (χ3n) is 5.64. The summed E-state index contributed by atoms with van der Waals surface area (Å²) in [5.74, 6) is 0.208. The van der Waals surface area contributed by atoms with Crippen LogP contribution in [0.3, 0.4) is 0 Å². The Bertz CT molecular complexity index is 290. The maximum atomic E-state index is 11.9. The lowest BCUT2D eigenvalue weighted by atomic mass is 9.81. The second kappa shape index (κ2) is 16.0. The summed E-state index contributed by atoms with van der Waals surface area (Å²) < 4.78 is 0. The molecule has 0 bridgehead atoms. The molecule has 0 aliphatic rings. The van der Waals surface area contributed by atoms with Crippen molar-refractivity contribution in [1.29, 1.82) is 0 Å². The number of carbonyl (C=O) groups excluding carboxylic acids is 1. The summed E-state index contributed by atoms with van der Waals surface area (Å²) in [5.41, 5.74) is -0.161. The molecule has 0 aliphatic carbocycles. The Hall–Kier alpha value is -0.530. The van der Waals surface area contributed by atoms with E-state index in [1.54, 1.807) is 7.05 Å². The van der Waals surface area contributed by atoms with Crippen LogP contribution in [0.4, 0.5) is 0 Å². The van der Waals surface area contributed by atoms with Gasteiger partial charge in [0.2, 0.25) is 5.91 Å². The van der Waals surface area contributed by atoms with Gasteiger partial charge in [0.25, 0.3) is 0 Å². The van der Waals surface area contributed by atoms with E-state index in [4.69, 9.17) is 0 Å². The summed E-state index contributed by atoms with van der Waals surface area (Å²) in [6.45, 7) is 6.51. The molecule has 1 N–H and O–H groups in total. The number of hydrogen-bond donors (Lipinski definition) is 1. The van der Waals surface area contributed by atoms with Gasteiger partial charge in [-0.1, -0.05) is 111 Å². The number of rotatable bonds is 17. The van der Waals surface area contributed by atoms with Crippen LogP contribution in [0.5, 0.6) is 0 Å². The van der Waals surface area contributed by atoms with Gasteiger partial charge in [-0.3, -0.25) is 4.79 Å². The van der Waals surface area contributed by atoms with Gasteiger partial charge < -0.3 is 5.32 Å². The molecule has 0 aliphatic heterocycles. The summed E-state index contributed by atoms with van der Waals surface area (Å²) in [6.07, 6.45) is 21.4. The highest BCUT2D eigenvalue weighted by molar-refractivity contribution is 5.81. The predicted molar refractivity (Wildman–Crippen MR) is 107 cm³/mol. The monoisotopic (exact) mass is 339 g/mol. The van der Waals surface area contributed by atoms with E-state index >= 15 is 0 Å². The first kappa shape index (κ1) is 23.5. The quantitative estimate of drug-likeness (QED) is 0.283. The van der Waals surface area contributed by atoms with Crippen molar-refractivity contribution in [2.75, 3.05) is 7.05 Å². The van der Waals surface area contributed by atoms with Gasteiger partial charge >= 0.3 is 0 Å². The van der Waals surface area contributed by atoms with Crippen LogP contribution in [0.15, 0.2) is 0 Å². The fraction of sp³-hybridized carbons (Fsp3) is 0.955. The summed E-state index contributed by atoms with van der Waals surface area (Å²) >= 11 is 0. The van der Waals surface area contributed by atoms with Gasteiger partial charge in [0.05, 0.1) is 0 Å². The average molecular weight is 340 g/mol. The minimum absolute atomic E-state index is 0.161. The molecule has 0 aromatic rings. The Balaban J connectivity index is 3.35. The van der Waals surface area contributed by atoms with Crippen molar-refractivity contribution in [3.8, 4) is 0 Å². The fourth-order valence-electron chi connectivity index (χ4n) is 3.46. The van der Waals surface area contributed by atoms with Crippen LogP contribution in [0.1, 0.15) is 124 Å². The summed E-state index contributed by atoms with van der Waals surface area (Å²) in [4.78, 5) is 11.9. The second-order valence-electron chi connectivity index (χ2n) is 7.84. The number of unbranched alkanes of at least 4 members (excludes halogenated alkanes) is 13. The first-order chi connectivity index (χ1) is 11.6. The Morgan fingerprint density at radius 2 is 1.08 bits per heavy atom. The van der Waals surface area contributed by atoms with Crippen molar-refractivity contribution in [3.63, 3.8) is 0 Å². The Morgan fingerprint density at radius 1 is 0.708 bits per heavy atom. The topological polar surface area (TPSA) is 29.1 Å². The minimum Gasteiger partial charge on any atom is -0.359 e. The molecule has 0 saturated carbocycles. The maximum absolute atomic E-state index is 11.9. The molecule has 1 atom stereocenters. The molecule has 2 heteroatoms. The van der Waals surface area contributed by atoms with Crippen molar-refractivity contribution in [2.24, 2.45) is 5.41 Å². The first-order valence-electron chi connectivity index (χ1n) is 10.8. The zero-order chi connectivity index (χ0) is 18.1. The van der Waals surface area contributed by atoms with E-state index in [0.29, 0.717) is 0 Å². The van der Waals surface area contributed by atoms with Gasteiger partial charge in [0, 0.05) is 12.5 Å². The van der Waals surface area contributed by atoms with E-state index < -0.39 is 0 Å². The normalized spacial score (nSPS) is 13.7. The third kappa shape index (κ3) is 11.9. The standard InChI is InChI=1S/C22H45NO/c1-5-7-8-9-10-11-12-13-14-15-16-17-18-19-20-22(3,6-2)21(24)23-4/h5-20H2,1-4H3,(H,23,24). The molecular weight excluding hydrogens is 294 g/mol. The number of nitrogens with one attached hydrogen (secondary N) is 1. The van der Waals surface area contributed by atoms with Gasteiger partial charge in [0.1, 0.15) is 0 Å². The molecule has 0 spiro atoms. The predicted octanol–water partition coefficient (Wildman–Crippen LogP) is 7.02. The van der Waals surface area contributed by atoms with Crippen LogP contribution < -0.4 is 5.32 Å². The lowest BCUT2D eigenvalue weighted by Crippen LogP contribution is -2.36. The maximum Gasteiger partial charge on any atom is 0.225 e. The number of carbonyl (C=O) groups is 1. The molecule has 2 nitrogen and oxygen atoms in total. The fourth-order valence-corrected chi connectivity index (χ4v) is 3.46. The highest BCUT2D eigenvalue weighted by atomic mass is 16.2. The highest BCUT2D eigenvalue weighted by Gasteiger charge is 2.29. The molecule has 1 amide bonds. The van der Waals surface area contributed by atoms with Crippen molar-refractivity contribution in [2.45, 2.75) is 124 Å². The Kier molecular flexibility index (Phi) is 15.6. The number of hydrogen-bond acceptors (Lipinski definition) is 1. The van der Waals surface area contributed by atoms with Gasteiger partial charge in [-0.05, 0) is 12.8 Å². The molecule has 0 saturated heterocycles. The van der Waals surface area contributed by atoms with Gasteiger partial charge in [0.15, 0.2) is 0 Å². The van der Waals surface area contributed by atoms with Crippen molar-refractivity contribution < 1.29 is 4.79 Å². The van der Waals surface area contributed by atoms with E-state index in [2.05, 4.69) is 26.1 Å². The molecule has 0 aromatic heterocycles. The molecule has 144 valence electrons. The van der Waals surface area contributed by atoms with E-state index in [0.717, 1.165) is 12.8 Å². The van der Waals surface area contributed by atoms with E-state index in [9.17, 15) is 4.79 Å². The van der Waals surface area contributed by atoms with Crippen LogP contribution in [-0.4, -0.2) is 13.0 Å². The summed E-state index contributed by atoms with van der Waals surface area (Å²) in [6, 6.07) is 0. The summed E-state index contributed by atoms with van der Waals surface area (Å²) in [7, 11) is 1.75. The molecule has 1 unspecified atom stereocenters. The molecule has 24 heavy (non-hydrogen) atoms. The largest absolute Gasteiger partial charge is 0.359 e. The van der Waals surface area contributed by atoms with Crippen LogP contribution in [0, 0.1) is 5.41 Å². The average Bonchev–Trinajstić information content (AvgIpc) is 2.61. The van der Waals surface area contributed by atoms with Crippen LogP contribution >= 0.6 is 0 Å². The zero-order valence-electron chi connectivity index (χ0n) is 17.2. The first-order valence-corrected chi connectivity index (χ1v) is 10.8. The van der Waals surface area contributed by atoms with Gasteiger partial charge in [-0.2, -0.15) is 0 Å². The van der Waals surface area contributed by atoms with E-state index in [1.165, 1.54) is 89.9 Å². The lowest BCUT2D eigenvalue weighted by Gasteiger charge is -2.26. The molecule has 0 radical (unpaired) electrons. The SMILES string of the molecule is CCCCCCCCCCCCCCCCC(C)(CC)C(=O)NC. The van der Waals surface area contributed by atoms with Crippen molar-refractivity contribution in [1.82, 2.24) is 5.32 Å². The van der Waals surface area contributed by atoms with E-state index in [-0.39, 0.29) is 11.3 Å².